The van der Waals surface area contributed by atoms with Crippen molar-refractivity contribution in [3.8, 4) is 23.0 Å². The monoisotopic (exact) mass is 2130 g/mol. The van der Waals surface area contributed by atoms with Gasteiger partial charge in [0.25, 0.3) is 0 Å². The molecule has 6 N–H and O–H groups in total. The Labute approximate surface area is 814 Å². The molecule has 8 fully saturated rings. The average Bonchev–Trinajstić information content (AvgIpc) is 0.807. The van der Waals surface area contributed by atoms with Crippen molar-refractivity contribution in [2.45, 2.75) is 148 Å². The van der Waals surface area contributed by atoms with Crippen LogP contribution in [0.25, 0.3) is 0 Å². The number of nitrogens with one attached hydrogen (secondary N) is 5. The Kier molecular flexibility index (Phi) is 46.3. The molecule has 0 bridgehead atoms. The summed E-state index contributed by atoms with van der Waals surface area (Å²) in [5, 5.41) is 27.7. The van der Waals surface area contributed by atoms with Crippen LogP contribution >= 0.6 is 152 Å². The summed E-state index contributed by atoms with van der Waals surface area (Å²) >= 11 is 62.0. The molecule has 4 aromatic rings. The van der Waals surface area contributed by atoms with Gasteiger partial charge < -0.3 is 70.1 Å². The lowest BCUT2D eigenvalue weighted by Crippen LogP contribution is -2.63. The van der Waals surface area contributed by atoms with Crippen molar-refractivity contribution in [2.24, 2.45) is 23.7 Å². The molecule has 12 rings (SSSR count). The number of rotatable bonds is 21. The third kappa shape index (κ3) is 36.5. The van der Waals surface area contributed by atoms with E-state index in [9.17, 15) is 53.1 Å². The first-order valence-electron chi connectivity index (χ1n) is 41.2. The zero-order valence-corrected chi connectivity index (χ0v) is 84.2. The van der Waals surface area contributed by atoms with Gasteiger partial charge in [-0.25, -0.2) is 9.59 Å². The number of carbonyl (C=O) groups excluding carboxylic acids is 10. The topological polar surface area (TPSA) is 320 Å². The van der Waals surface area contributed by atoms with E-state index in [1.165, 1.54) is 23.1 Å². The van der Waals surface area contributed by atoms with Crippen molar-refractivity contribution in [2.75, 3.05) is 126 Å². The molecule has 8 amide bonds. The minimum atomic E-state index is -0.509. The van der Waals surface area contributed by atoms with Crippen LogP contribution in [0, 0.1) is 23.7 Å². The number of methoxy groups -OCH3 is 3. The average molecular weight is 2140 g/mol. The Bertz CT molecular complexity index is 4450. The molecule has 8 saturated heterocycles. The highest BCUT2D eigenvalue weighted by atomic mass is 79.9. The number of halogens is 12. The van der Waals surface area contributed by atoms with Crippen molar-refractivity contribution in [3.05, 3.63) is 149 Å². The van der Waals surface area contributed by atoms with Crippen LogP contribution in [0.15, 0.2) is 86.5 Å². The van der Waals surface area contributed by atoms with Gasteiger partial charge in [0.2, 0.25) is 40.7 Å². The second kappa shape index (κ2) is 53.6. The maximum Gasteiger partial charge on any atom is 0.411 e. The predicted molar refractivity (Wildman–Crippen MR) is 512 cm³/mol. The van der Waals surface area contributed by atoms with Gasteiger partial charge in [-0.2, -0.15) is 0 Å². The lowest BCUT2D eigenvalue weighted by Gasteiger charge is -2.47. The maximum absolute atomic E-state index is 12.7. The fourth-order valence-corrected chi connectivity index (χ4v) is 15.7. The van der Waals surface area contributed by atoms with Crippen LogP contribution in [-0.2, 0) is 74.0 Å². The summed E-state index contributed by atoms with van der Waals surface area (Å²) in [6, 6.07) is 14.2. The van der Waals surface area contributed by atoms with Gasteiger partial charge in [0.15, 0.2) is 5.78 Å². The number of aromatic hydroxyl groups is 1. The fraction of sp³-hybridized carbons (Fsp3) is 0.535. The van der Waals surface area contributed by atoms with Crippen molar-refractivity contribution >= 4 is 214 Å². The van der Waals surface area contributed by atoms with Crippen LogP contribution in [0.1, 0.15) is 115 Å². The first-order valence-corrected chi connectivity index (χ1v) is 47.3. The number of ketones is 1. The van der Waals surface area contributed by atoms with Gasteiger partial charge in [-0.3, -0.25) is 58.0 Å². The van der Waals surface area contributed by atoms with Crippen LogP contribution in [0.3, 0.4) is 0 Å². The Morgan fingerprint density at radius 1 is 0.433 bits per heavy atom. The second-order valence-electron chi connectivity index (χ2n) is 32.8. The van der Waals surface area contributed by atoms with Crippen molar-refractivity contribution in [1.82, 2.24) is 60.9 Å². The van der Waals surface area contributed by atoms with E-state index in [0.717, 1.165) is 153 Å². The number of hydrogen-bond donors (Lipinski definition) is 6. The molecule has 8 aliphatic heterocycles. The van der Waals surface area contributed by atoms with E-state index in [2.05, 4.69) is 108 Å². The normalized spacial score (nSPS) is 17.2. The Hall–Kier alpha value is -6.05. The zero-order valence-electron chi connectivity index (χ0n) is 72.6. The highest BCUT2D eigenvalue weighted by molar-refractivity contribution is 9.69. The number of nitrogens with zero attached hydrogens (tertiary/aromatic N) is 7. The first kappa shape index (κ1) is 110. The van der Waals surface area contributed by atoms with Gasteiger partial charge in [-0.15, -0.1) is 47.3 Å². The van der Waals surface area contributed by atoms with Gasteiger partial charge >= 0.3 is 15.4 Å². The van der Waals surface area contributed by atoms with Crippen LogP contribution in [0.5, 0.6) is 23.0 Å². The van der Waals surface area contributed by atoms with Gasteiger partial charge in [0.1, 0.15) is 34.2 Å². The SMILES string of the molecule is BrB(Br)Br.C=CC(=O)Cl.C=CC(=O)N1CC(N2CCC(C(=O)NCc3cc(Cl)c(Cl)cc3O)CC2)C1.C=CC(=O)N1CC(N2CCC(C(=O)NCc3cc(Cl)c(Cl)cc3OC)CC2)C1.CC(C)(C)OC(=O)N1CC(=O)C1.COc1cc(Cl)c(Cl)cc1CNC(=O)C1CCN(C2CN(C(=O)OC(C)(C)C)C2)CC1.COc1cc(Cl)c(Cl)cc1CNC(=O)C1CCNCC1. The van der Waals surface area contributed by atoms with Crippen LogP contribution in [-0.4, -0.2) is 257 Å². The molecule has 127 heavy (non-hydrogen) atoms. The number of likely N-dealkylation sites (tertiary alicyclic amines) is 7. The summed E-state index contributed by atoms with van der Waals surface area (Å²) in [5.41, 5.74) is 2.00. The summed E-state index contributed by atoms with van der Waals surface area (Å²) in [7, 11) is 4.69. The fourth-order valence-electron chi connectivity index (χ4n) is 14.4. The molecule has 41 heteroatoms. The van der Waals surface area contributed by atoms with Crippen LogP contribution < -0.4 is 40.8 Å². The largest absolute Gasteiger partial charge is 0.508 e. The number of amides is 8. The van der Waals surface area contributed by atoms with E-state index in [-0.39, 0.29) is 105 Å². The first-order chi connectivity index (χ1) is 59.9. The van der Waals surface area contributed by atoms with Gasteiger partial charge in [0.05, 0.1) is 74.6 Å². The van der Waals surface area contributed by atoms with E-state index >= 15 is 0 Å². The molecule has 0 aliphatic carbocycles. The van der Waals surface area contributed by atoms with E-state index in [1.807, 2.05) is 20.8 Å². The number of hydrogen-bond acceptors (Lipinski definition) is 20. The van der Waals surface area contributed by atoms with Crippen molar-refractivity contribution < 1.29 is 76.7 Å². The third-order valence-corrected chi connectivity index (χ3v) is 24.7. The Morgan fingerprint density at radius 2 is 0.685 bits per heavy atom. The molecule has 4 aromatic carbocycles. The molecular weight excluding hydrogens is 2030 g/mol. The second-order valence-corrected chi connectivity index (χ2v) is 42.9. The van der Waals surface area contributed by atoms with Crippen LogP contribution in [0.4, 0.5) is 9.59 Å². The van der Waals surface area contributed by atoms with Gasteiger partial charge in [0, 0.05) is 154 Å². The summed E-state index contributed by atoms with van der Waals surface area (Å²) in [6.07, 6.45) is 9.64. The molecule has 0 spiro atoms. The third-order valence-electron chi connectivity index (χ3n) is 21.6. The zero-order chi connectivity index (χ0) is 94.3. The molecule has 8 aliphatic rings. The molecule has 8 heterocycles. The van der Waals surface area contributed by atoms with Crippen LogP contribution in [0.2, 0.25) is 40.2 Å². The van der Waals surface area contributed by atoms with E-state index in [0.29, 0.717) is 109 Å². The van der Waals surface area contributed by atoms with E-state index in [1.54, 1.807) is 99.3 Å². The number of carbonyl (C=O) groups is 10. The molecular formula is C86H113BBr3Cl9N12O16. The van der Waals surface area contributed by atoms with Gasteiger partial charge in [-0.1, -0.05) is 113 Å². The number of piperidine rings is 4. The molecule has 0 aromatic heterocycles. The number of phenols is 1. The quantitative estimate of drug-likeness (QED) is 0.0256. The molecule has 28 nitrogen and oxygen atoms in total. The summed E-state index contributed by atoms with van der Waals surface area (Å²) < 4.78 is 26.6. The highest BCUT2D eigenvalue weighted by Crippen LogP contribution is 2.36. The predicted octanol–water partition coefficient (Wildman–Crippen LogP) is 15.6. The molecule has 0 unspecified atom stereocenters. The molecule has 0 radical (unpaired) electrons. The maximum atomic E-state index is 12.7. The molecule has 0 saturated carbocycles. The molecule has 0 atom stereocenters. The van der Waals surface area contributed by atoms with E-state index < -0.39 is 22.5 Å². The highest BCUT2D eigenvalue weighted by Gasteiger charge is 2.42. The minimum Gasteiger partial charge on any atom is -0.508 e. The van der Waals surface area contributed by atoms with E-state index in [4.69, 9.17) is 128 Å². The lowest BCUT2D eigenvalue weighted by molar-refractivity contribution is -0.135. The minimum absolute atomic E-state index is 0.00370. The molecule has 700 valence electrons. The number of benzene rings is 4. The Morgan fingerprint density at radius 3 is 0.953 bits per heavy atom. The number of Topliss-reactive ketones (excluding diaryl/α,β-unsaturated/α-hetero) is 1. The number of phenolic OH excluding ortho intramolecular Hbond substituents is 1. The summed E-state index contributed by atoms with van der Waals surface area (Å²) in [4.78, 5) is 130. The smallest absolute Gasteiger partial charge is 0.411 e. The lowest BCUT2D eigenvalue weighted by atomic mass is 9.93. The number of allylic oxidation sites excluding steroid dienone is 1. The summed E-state index contributed by atoms with van der Waals surface area (Å²) in [5.74, 6) is 2.07. The summed E-state index contributed by atoms with van der Waals surface area (Å²) in [6.45, 7) is 34.1. The standard InChI is InChI=1S/C22H31Cl2N3O4.C20H25Cl2N3O3.C19H23Cl2N3O3.C14H18Cl2N2O2.C8H13NO3.C3H3ClO.BBr3/c1-22(2,3)31-21(29)27-12-16(13-27)26-7-5-14(6-8-26)20(28)25-11-15-9-17(23)18(24)10-19(15)30-4;1-3-19(26)25-11-15(12-25)24-6-4-13(5-7-24)20(27)23-10-14-8-16(21)17(22)9-18(14)28-2;1-2-18(26)24-10-14(11-24)23-5-3-12(4-6-23)19(27)22-9-13-7-15(20)16(21)8-17(13)25;1-20-13-7-12(16)11(15)6-10(13)8-18-14(19)9-2-4-17-5-3-9;1-8(2,3)12-7(11)9-4-6(10)5-9;1-2-3(4)5;2-1(3)4/h9-10,14,16H,5-8,11-13H2,1-4H3,(H,25,28);3,8-9,13,15H,1,4-7,10-12H2,2H3,(H,23,27);2,7-8,12,14,25H,1,3-6,9-11H2,(H,22,27);6-7,9,17H,2-5,8H2,1H3,(H,18,19);4-5H2,1-3H3;2H,1H2;. The van der Waals surface area contributed by atoms with Crippen molar-refractivity contribution in [3.63, 3.8) is 0 Å². The van der Waals surface area contributed by atoms with Crippen molar-refractivity contribution in [1.29, 1.82) is 0 Å². The number of ether oxygens (including phenoxy) is 5. The Balaban J connectivity index is 0.000000244. The van der Waals surface area contributed by atoms with Gasteiger partial charge in [-0.05, 0) is 199 Å².